The molecule has 0 radical (unpaired) electrons. The Morgan fingerprint density at radius 2 is 2.10 bits per heavy atom. The first-order valence-electron chi connectivity index (χ1n) is 2.99. The smallest absolute Gasteiger partial charge is 0.147 e. The summed E-state index contributed by atoms with van der Waals surface area (Å²) in [5.41, 5.74) is 0. The Kier molecular flexibility index (Phi) is 3.85. The molecule has 0 saturated heterocycles. The van der Waals surface area contributed by atoms with E-state index in [-0.39, 0.29) is 11.9 Å². The van der Waals surface area contributed by atoms with Gasteiger partial charge >= 0.3 is 0 Å². The molecule has 0 saturated carbocycles. The summed E-state index contributed by atoms with van der Waals surface area (Å²) in [6, 6.07) is 0. The van der Waals surface area contributed by atoms with E-state index in [0.29, 0.717) is 6.42 Å². The summed E-state index contributed by atoms with van der Waals surface area (Å²) in [4.78, 5) is 4.38. The molecule has 0 bridgehead atoms. The molecule has 0 aliphatic carbocycles. The van der Waals surface area contributed by atoms with Gasteiger partial charge in [0.05, 0.1) is 11.9 Å². The zero-order chi connectivity index (χ0) is 8.20. The van der Waals surface area contributed by atoms with Crippen molar-refractivity contribution in [3.05, 3.63) is 0 Å². The molecule has 0 aliphatic heterocycles. The number of sulfone groups is 1. The Morgan fingerprint density at radius 1 is 1.60 bits per heavy atom. The number of rotatable bonds is 4. The first-order chi connectivity index (χ1) is 4.45. The highest BCUT2D eigenvalue weighted by molar-refractivity contribution is 7.90. The van der Waals surface area contributed by atoms with Gasteiger partial charge in [-0.1, -0.05) is 0 Å². The molecule has 0 fully saturated rings. The minimum atomic E-state index is -2.86. The summed E-state index contributed by atoms with van der Waals surface area (Å²) in [6.45, 7) is 1.73. The van der Waals surface area contributed by atoms with Gasteiger partial charge in [0.2, 0.25) is 0 Å². The highest BCUT2D eigenvalue weighted by Gasteiger charge is 2.06. The fourth-order valence-electron chi connectivity index (χ4n) is 0.448. The van der Waals surface area contributed by atoms with Crippen LogP contribution in [0.25, 0.3) is 0 Å². The lowest BCUT2D eigenvalue weighted by Crippen LogP contribution is -2.17. The van der Waals surface area contributed by atoms with Gasteiger partial charge in [-0.2, -0.15) is 0 Å². The first-order valence-corrected chi connectivity index (χ1v) is 5.05. The second kappa shape index (κ2) is 3.90. The molecule has 0 heterocycles. The van der Waals surface area contributed by atoms with Crippen LogP contribution in [0.15, 0.2) is 0 Å². The molecule has 1 atom stereocenters. The molecule has 1 unspecified atom stereocenters. The van der Waals surface area contributed by atoms with E-state index in [2.05, 4.69) is 4.84 Å². The molecule has 0 aromatic rings. The van der Waals surface area contributed by atoms with Crippen molar-refractivity contribution in [1.82, 2.24) is 0 Å². The van der Waals surface area contributed by atoms with Crippen LogP contribution < -0.4 is 5.90 Å². The molecule has 0 spiro atoms. The summed E-state index contributed by atoms with van der Waals surface area (Å²) >= 11 is 0. The molecule has 62 valence electrons. The minimum Gasteiger partial charge on any atom is -0.302 e. The zero-order valence-electron chi connectivity index (χ0n) is 6.20. The summed E-state index contributed by atoms with van der Waals surface area (Å²) < 4.78 is 21.1. The van der Waals surface area contributed by atoms with Gasteiger partial charge in [-0.3, -0.25) is 0 Å². The number of nitrogens with two attached hydrogens (primary N) is 1. The van der Waals surface area contributed by atoms with Crippen LogP contribution in [0, 0.1) is 0 Å². The van der Waals surface area contributed by atoms with Crippen LogP contribution in [0.3, 0.4) is 0 Å². The van der Waals surface area contributed by atoms with Gasteiger partial charge in [-0.25, -0.2) is 14.3 Å². The highest BCUT2D eigenvalue weighted by Crippen LogP contribution is 1.96. The van der Waals surface area contributed by atoms with E-state index in [4.69, 9.17) is 5.90 Å². The summed E-state index contributed by atoms with van der Waals surface area (Å²) in [5, 5.41) is 0. The van der Waals surface area contributed by atoms with E-state index in [9.17, 15) is 8.42 Å². The van der Waals surface area contributed by atoms with Gasteiger partial charge in [-0.15, -0.1) is 0 Å². The van der Waals surface area contributed by atoms with Gasteiger partial charge in [0.15, 0.2) is 0 Å². The standard InChI is InChI=1S/C5H13NO3S/c1-5(9-6)3-4-10(2,7)8/h5H,3-4,6H2,1-2H3. The Balaban J connectivity index is 3.56. The molecule has 0 aliphatic rings. The minimum absolute atomic E-state index is 0.130. The third kappa shape index (κ3) is 6.00. The lowest BCUT2D eigenvalue weighted by molar-refractivity contribution is 0.0647. The van der Waals surface area contributed by atoms with Gasteiger partial charge in [0.25, 0.3) is 0 Å². The molecule has 5 heteroatoms. The van der Waals surface area contributed by atoms with Gasteiger partial charge in [0, 0.05) is 6.26 Å². The maximum absolute atomic E-state index is 10.6. The van der Waals surface area contributed by atoms with Gasteiger partial charge < -0.3 is 4.84 Å². The third-order valence-corrected chi connectivity index (χ3v) is 2.10. The van der Waals surface area contributed by atoms with Crippen molar-refractivity contribution in [2.75, 3.05) is 12.0 Å². The molecule has 2 N–H and O–H groups in total. The molecule has 0 aromatic carbocycles. The SMILES string of the molecule is CC(CCS(C)(=O)=O)ON. The van der Waals surface area contributed by atoms with Gasteiger partial charge in [0.1, 0.15) is 9.84 Å². The molecule has 0 amide bonds. The highest BCUT2D eigenvalue weighted by atomic mass is 32.2. The quantitative estimate of drug-likeness (QED) is 0.584. The van der Waals surface area contributed by atoms with Crippen molar-refractivity contribution in [3.63, 3.8) is 0 Å². The predicted octanol–water partition coefficient (Wildman–Crippen LogP) is -0.300. The molecule has 10 heavy (non-hydrogen) atoms. The van der Waals surface area contributed by atoms with E-state index in [1.807, 2.05) is 0 Å². The second-order valence-electron chi connectivity index (χ2n) is 2.37. The number of hydrogen-bond acceptors (Lipinski definition) is 4. The fraction of sp³-hybridized carbons (Fsp3) is 1.00. The normalized spacial score (nSPS) is 15.1. The van der Waals surface area contributed by atoms with Crippen molar-refractivity contribution >= 4 is 9.84 Å². The third-order valence-electron chi connectivity index (χ3n) is 1.13. The van der Waals surface area contributed by atoms with Crippen molar-refractivity contribution in [2.24, 2.45) is 5.90 Å². The second-order valence-corrected chi connectivity index (χ2v) is 4.63. The summed E-state index contributed by atoms with van der Waals surface area (Å²) in [6.07, 6.45) is 1.46. The fourth-order valence-corrected chi connectivity index (χ4v) is 1.21. The first kappa shape index (κ1) is 9.87. The Morgan fingerprint density at radius 3 is 2.40 bits per heavy atom. The Hall–Kier alpha value is -0.130. The molecule has 0 rings (SSSR count). The maximum Gasteiger partial charge on any atom is 0.147 e. The molecule has 4 nitrogen and oxygen atoms in total. The number of hydrogen-bond donors (Lipinski definition) is 1. The van der Waals surface area contributed by atoms with Crippen LogP contribution >= 0.6 is 0 Å². The van der Waals surface area contributed by atoms with Crippen LogP contribution in [0.4, 0.5) is 0 Å². The van der Waals surface area contributed by atoms with Crippen LogP contribution in [-0.4, -0.2) is 26.5 Å². The van der Waals surface area contributed by atoms with E-state index < -0.39 is 9.84 Å². The van der Waals surface area contributed by atoms with E-state index in [1.165, 1.54) is 6.26 Å². The molecular weight excluding hydrogens is 154 g/mol. The van der Waals surface area contributed by atoms with E-state index in [0.717, 1.165) is 0 Å². The molecule has 0 aromatic heterocycles. The molecular formula is C5H13NO3S. The van der Waals surface area contributed by atoms with Crippen molar-refractivity contribution in [1.29, 1.82) is 0 Å². The topological polar surface area (TPSA) is 69.4 Å². The Bertz CT molecular complexity index is 175. The van der Waals surface area contributed by atoms with Crippen molar-refractivity contribution < 1.29 is 13.3 Å². The Labute approximate surface area is 61.2 Å². The predicted molar refractivity (Wildman–Crippen MR) is 39.1 cm³/mol. The average molecular weight is 167 g/mol. The lowest BCUT2D eigenvalue weighted by Gasteiger charge is -2.05. The van der Waals surface area contributed by atoms with E-state index >= 15 is 0 Å². The monoisotopic (exact) mass is 167 g/mol. The van der Waals surface area contributed by atoms with Crippen LogP contribution in [0.1, 0.15) is 13.3 Å². The largest absolute Gasteiger partial charge is 0.302 e. The lowest BCUT2D eigenvalue weighted by atomic mass is 10.3. The van der Waals surface area contributed by atoms with E-state index in [1.54, 1.807) is 6.92 Å². The van der Waals surface area contributed by atoms with Gasteiger partial charge in [-0.05, 0) is 13.3 Å². The van der Waals surface area contributed by atoms with Crippen molar-refractivity contribution in [2.45, 2.75) is 19.4 Å². The summed E-state index contributed by atoms with van der Waals surface area (Å²) in [7, 11) is -2.86. The maximum atomic E-state index is 10.6. The zero-order valence-corrected chi connectivity index (χ0v) is 7.02. The van der Waals surface area contributed by atoms with Crippen molar-refractivity contribution in [3.8, 4) is 0 Å². The average Bonchev–Trinajstić information content (AvgIpc) is 1.81. The van der Waals surface area contributed by atoms with Crippen LogP contribution in [0.2, 0.25) is 0 Å². The van der Waals surface area contributed by atoms with Crippen LogP contribution in [0.5, 0.6) is 0 Å². The van der Waals surface area contributed by atoms with Crippen LogP contribution in [-0.2, 0) is 14.7 Å². The summed E-state index contributed by atoms with van der Waals surface area (Å²) in [5.74, 6) is 4.94.